The second-order valence-corrected chi connectivity index (χ2v) is 6.62. The van der Waals surface area contributed by atoms with Crippen molar-refractivity contribution in [2.75, 3.05) is 26.9 Å². The van der Waals surface area contributed by atoms with Gasteiger partial charge in [-0.15, -0.1) is 0 Å². The highest BCUT2D eigenvalue weighted by atomic mass is 79.9. The highest BCUT2D eigenvalue weighted by molar-refractivity contribution is 9.10. The predicted octanol–water partition coefficient (Wildman–Crippen LogP) is 3.92. The van der Waals surface area contributed by atoms with Crippen LogP contribution in [0.4, 0.5) is 0 Å². The standard InChI is InChI=1S/C21H25BrN2O5/c1-4-27-19-11-15(10-17(22)21(19)29-14-20(25)28-5-2)12-23-24-13-16-8-6-7-9-18(16)26-3/h6-12,24H,4-5,13-14H2,1-3H3/b23-12-. The molecule has 0 aliphatic heterocycles. The molecule has 8 heteroatoms. The van der Waals surface area contributed by atoms with E-state index in [0.29, 0.717) is 35.7 Å². The number of carbonyl (C=O) groups excluding carboxylic acids is 1. The predicted molar refractivity (Wildman–Crippen MR) is 115 cm³/mol. The molecule has 7 nitrogen and oxygen atoms in total. The van der Waals surface area contributed by atoms with Gasteiger partial charge in [-0.3, -0.25) is 0 Å². The molecule has 0 radical (unpaired) electrons. The van der Waals surface area contributed by atoms with Gasteiger partial charge in [0.1, 0.15) is 5.75 Å². The number of benzene rings is 2. The third-order valence-electron chi connectivity index (χ3n) is 3.74. The molecule has 0 saturated carbocycles. The molecule has 0 aliphatic carbocycles. The van der Waals surface area contributed by atoms with E-state index in [-0.39, 0.29) is 6.61 Å². The van der Waals surface area contributed by atoms with Crippen molar-refractivity contribution in [3.8, 4) is 17.2 Å². The Kier molecular flexibility index (Phi) is 9.30. The van der Waals surface area contributed by atoms with Crippen LogP contribution in [0.25, 0.3) is 0 Å². The summed E-state index contributed by atoms with van der Waals surface area (Å²) in [6.07, 6.45) is 1.68. The number of carbonyl (C=O) groups is 1. The van der Waals surface area contributed by atoms with E-state index in [1.165, 1.54) is 0 Å². The number of methoxy groups -OCH3 is 1. The van der Waals surface area contributed by atoms with E-state index in [2.05, 4.69) is 26.5 Å². The minimum atomic E-state index is -0.437. The topological polar surface area (TPSA) is 78.4 Å². The maximum atomic E-state index is 11.6. The fraction of sp³-hybridized carbons (Fsp3) is 0.333. The molecular weight excluding hydrogens is 440 g/mol. The molecule has 2 aromatic rings. The minimum Gasteiger partial charge on any atom is -0.496 e. The molecule has 0 atom stereocenters. The molecule has 0 fully saturated rings. The summed E-state index contributed by atoms with van der Waals surface area (Å²) in [5.74, 6) is 1.32. The van der Waals surface area contributed by atoms with E-state index >= 15 is 0 Å². The molecule has 0 saturated heterocycles. The van der Waals surface area contributed by atoms with Crippen LogP contribution in [-0.4, -0.2) is 39.1 Å². The molecule has 0 heterocycles. The van der Waals surface area contributed by atoms with Crippen LogP contribution in [0, 0.1) is 0 Å². The van der Waals surface area contributed by atoms with Gasteiger partial charge in [0.2, 0.25) is 0 Å². The van der Waals surface area contributed by atoms with Crippen LogP contribution in [0.3, 0.4) is 0 Å². The average Bonchev–Trinajstić information content (AvgIpc) is 2.71. The van der Waals surface area contributed by atoms with E-state index in [0.717, 1.165) is 16.9 Å². The van der Waals surface area contributed by atoms with Crippen LogP contribution in [-0.2, 0) is 16.1 Å². The maximum Gasteiger partial charge on any atom is 0.344 e. The van der Waals surface area contributed by atoms with Crippen LogP contribution in [0.5, 0.6) is 17.2 Å². The second-order valence-electron chi connectivity index (χ2n) is 5.76. The third-order valence-corrected chi connectivity index (χ3v) is 4.33. The van der Waals surface area contributed by atoms with E-state index in [9.17, 15) is 4.79 Å². The zero-order valence-electron chi connectivity index (χ0n) is 16.7. The van der Waals surface area contributed by atoms with Crippen molar-refractivity contribution in [1.82, 2.24) is 5.43 Å². The van der Waals surface area contributed by atoms with Gasteiger partial charge in [0.15, 0.2) is 18.1 Å². The van der Waals surface area contributed by atoms with Crippen molar-refractivity contribution >= 4 is 28.1 Å². The summed E-state index contributed by atoms with van der Waals surface area (Å²) < 4.78 is 22.1. The highest BCUT2D eigenvalue weighted by Crippen LogP contribution is 2.36. The van der Waals surface area contributed by atoms with Crippen LogP contribution in [0.15, 0.2) is 46.0 Å². The Hall–Kier alpha value is -2.74. The molecule has 156 valence electrons. The first-order valence-electron chi connectivity index (χ1n) is 9.21. The van der Waals surface area contributed by atoms with Crippen molar-refractivity contribution < 1.29 is 23.7 Å². The summed E-state index contributed by atoms with van der Waals surface area (Å²) in [5, 5.41) is 4.26. The first kappa shape index (κ1) is 22.5. The molecule has 2 aromatic carbocycles. The molecule has 0 amide bonds. The number of nitrogens with one attached hydrogen (secondary N) is 1. The Balaban J connectivity index is 2.06. The van der Waals surface area contributed by atoms with Crippen molar-refractivity contribution in [3.05, 3.63) is 52.0 Å². The van der Waals surface area contributed by atoms with Gasteiger partial charge >= 0.3 is 5.97 Å². The lowest BCUT2D eigenvalue weighted by Crippen LogP contribution is -2.15. The second kappa shape index (κ2) is 12.0. The van der Waals surface area contributed by atoms with Gasteiger partial charge in [0.25, 0.3) is 0 Å². The van der Waals surface area contributed by atoms with Crippen LogP contribution in [0.2, 0.25) is 0 Å². The normalized spacial score (nSPS) is 10.6. The monoisotopic (exact) mass is 464 g/mol. The smallest absolute Gasteiger partial charge is 0.344 e. The van der Waals surface area contributed by atoms with Crippen LogP contribution in [0.1, 0.15) is 25.0 Å². The summed E-state index contributed by atoms with van der Waals surface area (Å²) in [6.45, 7) is 4.71. The lowest BCUT2D eigenvalue weighted by atomic mass is 10.2. The number of halogens is 1. The van der Waals surface area contributed by atoms with Crippen molar-refractivity contribution in [1.29, 1.82) is 0 Å². The lowest BCUT2D eigenvalue weighted by molar-refractivity contribution is -0.145. The zero-order chi connectivity index (χ0) is 21.1. The van der Waals surface area contributed by atoms with Gasteiger partial charge in [-0.1, -0.05) is 18.2 Å². The van der Waals surface area contributed by atoms with Gasteiger partial charge in [0.05, 0.1) is 37.6 Å². The number of rotatable bonds is 11. The molecule has 0 unspecified atom stereocenters. The highest BCUT2D eigenvalue weighted by Gasteiger charge is 2.14. The van der Waals surface area contributed by atoms with E-state index < -0.39 is 5.97 Å². The largest absolute Gasteiger partial charge is 0.496 e. The molecule has 2 rings (SSSR count). The third kappa shape index (κ3) is 6.98. The molecule has 1 N–H and O–H groups in total. The lowest BCUT2D eigenvalue weighted by Gasteiger charge is -2.14. The van der Waals surface area contributed by atoms with Gasteiger partial charge in [0, 0.05) is 5.56 Å². The molecule has 0 spiro atoms. The Morgan fingerprint density at radius 3 is 2.66 bits per heavy atom. The van der Waals surface area contributed by atoms with Crippen molar-refractivity contribution in [3.63, 3.8) is 0 Å². The fourth-order valence-electron chi connectivity index (χ4n) is 2.50. The fourth-order valence-corrected chi connectivity index (χ4v) is 3.07. The maximum absolute atomic E-state index is 11.6. The Morgan fingerprint density at radius 1 is 1.14 bits per heavy atom. The molecule has 0 aliphatic rings. The van der Waals surface area contributed by atoms with Gasteiger partial charge < -0.3 is 24.4 Å². The van der Waals surface area contributed by atoms with Gasteiger partial charge in [-0.25, -0.2) is 4.79 Å². The Morgan fingerprint density at radius 2 is 1.93 bits per heavy atom. The quantitative estimate of drug-likeness (QED) is 0.308. The van der Waals surface area contributed by atoms with Gasteiger partial charge in [-0.2, -0.15) is 5.10 Å². The van der Waals surface area contributed by atoms with Gasteiger partial charge in [-0.05, 0) is 53.5 Å². The summed E-state index contributed by atoms with van der Waals surface area (Å²) in [7, 11) is 1.64. The molecule has 0 bridgehead atoms. The summed E-state index contributed by atoms with van der Waals surface area (Å²) >= 11 is 3.47. The summed E-state index contributed by atoms with van der Waals surface area (Å²) in [5.41, 5.74) is 4.81. The van der Waals surface area contributed by atoms with Crippen LogP contribution < -0.4 is 19.6 Å². The zero-order valence-corrected chi connectivity index (χ0v) is 18.3. The number of hydrazone groups is 1. The molecule has 0 aromatic heterocycles. The number of para-hydroxylation sites is 1. The summed E-state index contributed by atoms with van der Waals surface area (Å²) in [6, 6.07) is 11.4. The molecular formula is C21H25BrN2O5. The van der Waals surface area contributed by atoms with Crippen molar-refractivity contribution in [2.24, 2.45) is 5.10 Å². The SMILES string of the molecule is CCOC(=O)COc1c(Br)cc(/C=N\NCc2ccccc2OC)cc1OCC. The average molecular weight is 465 g/mol. The van der Waals surface area contributed by atoms with E-state index in [1.54, 1.807) is 26.3 Å². The number of ether oxygens (including phenoxy) is 4. The van der Waals surface area contributed by atoms with Crippen LogP contribution >= 0.6 is 15.9 Å². The number of hydrogen-bond acceptors (Lipinski definition) is 7. The van der Waals surface area contributed by atoms with E-state index in [1.807, 2.05) is 37.3 Å². The minimum absolute atomic E-state index is 0.194. The Labute approximate surface area is 179 Å². The van der Waals surface area contributed by atoms with Crippen molar-refractivity contribution in [2.45, 2.75) is 20.4 Å². The van der Waals surface area contributed by atoms with E-state index in [4.69, 9.17) is 18.9 Å². The first-order valence-corrected chi connectivity index (χ1v) is 10.0. The first-order chi connectivity index (χ1) is 14.1. The molecule has 29 heavy (non-hydrogen) atoms. The number of nitrogens with zero attached hydrogens (tertiary/aromatic N) is 1. The number of esters is 1. The Bertz CT molecular complexity index is 842. The number of hydrogen-bond donors (Lipinski definition) is 1. The summed E-state index contributed by atoms with van der Waals surface area (Å²) in [4.78, 5) is 11.6.